The second kappa shape index (κ2) is 6.34. The third-order valence-corrected chi connectivity index (χ3v) is 4.95. The van der Waals surface area contributed by atoms with Gasteiger partial charge in [-0.15, -0.1) is 0 Å². The molecule has 0 saturated heterocycles. The fraction of sp³-hybridized carbons (Fsp3) is 0.200. The molecule has 2 heterocycles. The number of benzene rings is 2. The smallest absolute Gasteiger partial charge is 0.0929 e. The van der Waals surface area contributed by atoms with Gasteiger partial charge in [0, 0.05) is 35.3 Å². The molecule has 3 aromatic rings. The van der Waals surface area contributed by atoms with Crippen LogP contribution in [0.3, 0.4) is 0 Å². The van der Waals surface area contributed by atoms with Crippen LogP contribution in [0.5, 0.6) is 0 Å². The molecule has 1 N–H and O–H groups in total. The molecule has 2 atom stereocenters. The molecule has 0 radical (unpaired) electrons. The van der Waals surface area contributed by atoms with Crippen molar-refractivity contribution in [1.82, 2.24) is 15.5 Å². The Labute approximate surface area is 146 Å². The zero-order valence-electron chi connectivity index (χ0n) is 13.4. The van der Waals surface area contributed by atoms with Crippen molar-refractivity contribution in [2.75, 3.05) is 6.54 Å². The Morgan fingerprint density at radius 1 is 1.04 bits per heavy atom. The van der Waals surface area contributed by atoms with Gasteiger partial charge in [-0.05, 0) is 53.9 Å². The van der Waals surface area contributed by atoms with Crippen molar-refractivity contribution in [3.05, 3.63) is 82.5 Å². The van der Waals surface area contributed by atoms with E-state index < -0.39 is 0 Å². The molecule has 1 aliphatic heterocycles. The molecule has 1 aromatic heterocycles. The molecule has 24 heavy (non-hydrogen) atoms. The van der Waals surface area contributed by atoms with Crippen LogP contribution in [0, 0.1) is 0 Å². The summed E-state index contributed by atoms with van der Waals surface area (Å²) in [6.45, 7) is 3.14. The fourth-order valence-corrected chi connectivity index (χ4v) is 3.51. The van der Waals surface area contributed by atoms with E-state index in [1.165, 1.54) is 16.7 Å². The van der Waals surface area contributed by atoms with Gasteiger partial charge in [-0.1, -0.05) is 35.9 Å². The van der Waals surface area contributed by atoms with Gasteiger partial charge in [0.25, 0.3) is 0 Å². The zero-order chi connectivity index (χ0) is 16.5. The van der Waals surface area contributed by atoms with E-state index in [1.807, 2.05) is 24.3 Å². The van der Waals surface area contributed by atoms with Gasteiger partial charge >= 0.3 is 0 Å². The van der Waals surface area contributed by atoms with Gasteiger partial charge in [0.15, 0.2) is 0 Å². The predicted octanol–water partition coefficient (Wildman–Crippen LogP) is 4.59. The second-order valence-electron chi connectivity index (χ2n) is 6.19. The zero-order valence-corrected chi connectivity index (χ0v) is 14.2. The first-order chi connectivity index (χ1) is 11.7. The van der Waals surface area contributed by atoms with Crippen LogP contribution in [0.15, 0.2) is 60.8 Å². The number of hydrogen-bond donors (Lipinski definition) is 1. The summed E-state index contributed by atoms with van der Waals surface area (Å²) >= 11 is 6.03. The highest BCUT2D eigenvalue weighted by Gasteiger charge is 2.26. The molecular formula is C20H18ClN3. The summed E-state index contributed by atoms with van der Waals surface area (Å²) in [5, 5.41) is 12.6. The standard InChI is InChI=1S/C20H18ClN3/c1-13-18-11-15(20-3-2-10-23-24-20)6-9-17(18)19(12-22-13)14-4-7-16(21)8-5-14/h2-11,13,19,22H,12H2,1H3. The van der Waals surface area contributed by atoms with Crippen LogP contribution in [0.4, 0.5) is 0 Å². The Balaban J connectivity index is 1.77. The Bertz CT molecular complexity index is 847. The van der Waals surface area contributed by atoms with Crippen molar-refractivity contribution in [3.63, 3.8) is 0 Å². The molecule has 0 saturated carbocycles. The van der Waals surface area contributed by atoms with E-state index in [9.17, 15) is 0 Å². The highest BCUT2D eigenvalue weighted by atomic mass is 35.5. The molecule has 120 valence electrons. The molecule has 2 aromatic carbocycles. The normalized spacial score (nSPS) is 19.8. The van der Waals surface area contributed by atoms with Crippen molar-refractivity contribution < 1.29 is 0 Å². The van der Waals surface area contributed by atoms with Crippen LogP contribution in [-0.2, 0) is 0 Å². The lowest BCUT2D eigenvalue weighted by molar-refractivity contribution is 0.508. The monoisotopic (exact) mass is 335 g/mol. The van der Waals surface area contributed by atoms with Crippen LogP contribution >= 0.6 is 11.6 Å². The highest BCUT2D eigenvalue weighted by molar-refractivity contribution is 6.30. The van der Waals surface area contributed by atoms with Crippen molar-refractivity contribution in [1.29, 1.82) is 0 Å². The maximum Gasteiger partial charge on any atom is 0.0929 e. The molecular weight excluding hydrogens is 318 g/mol. The van der Waals surface area contributed by atoms with Crippen LogP contribution < -0.4 is 5.32 Å². The van der Waals surface area contributed by atoms with E-state index in [0.29, 0.717) is 12.0 Å². The molecule has 4 rings (SSSR count). The van der Waals surface area contributed by atoms with Crippen LogP contribution in [0.25, 0.3) is 11.3 Å². The van der Waals surface area contributed by atoms with Crippen LogP contribution in [-0.4, -0.2) is 16.7 Å². The first kappa shape index (κ1) is 15.3. The van der Waals surface area contributed by atoms with Crippen LogP contribution in [0.1, 0.15) is 35.6 Å². The summed E-state index contributed by atoms with van der Waals surface area (Å²) in [6.07, 6.45) is 1.70. The third-order valence-electron chi connectivity index (χ3n) is 4.70. The summed E-state index contributed by atoms with van der Waals surface area (Å²) in [4.78, 5) is 0. The summed E-state index contributed by atoms with van der Waals surface area (Å²) in [7, 11) is 0. The fourth-order valence-electron chi connectivity index (χ4n) is 3.39. The Morgan fingerprint density at radius 2 is 1.88 bits per heavy atom. The first-order valence-electron chi connectivity index (χ1n) is 8.13. The van der Waals surface area contributed by atoms with Crippen molar-refractivity contribution >= 4 is 11.6 Å². The average molecular weight is 336 g/mol. The van der Waals surface area contributed by atoms with Gasteiger partial charge in [-0.3, -0.25) is 0 Å². The van der Waals surface area contributed by atoms with Crippen molar-refractivity contribution in [2.24, 2.45) is 0 Å². The van der Waals surface area contributed by atoms with E-state index in [1.54, 1.807) is 6.20 Å². The summed E-state index contributed by atoms with van der Waals surface area (Å²) in [5.74, 6) is 0.337. The third kappa shape index (κ3) is 2.81. The van der Waals surface area contributed by atoms with Gasteiger partial charge in [0.1, 0.15) is 0 Å². The SMILES string of the molecule is CC1NCC(c2ccc(Cl)cc2)c2ccc(-c3cccnn3)cc21. The van der Waals surface area contributed by atoms with E-state index in [0.717, 1.165) is 22.8 Å². The second-order valence-corrected chi connectivity index (χ2v) is 6.62. The summed E-state index contributed by atoms with van der Waals surface area (Å²) < 4.78 is 0. The molecule has 4 heteroatoms. The summed E-state index contributed by atoms with van der Waals surface area (Å²) in [5.41, 5.74) is 5.99. The lowest BCUT2D eigenvalue weighted by Crippen LogP contribution is -2.32. The molecule has 1 aliphatic rings. The highest BCUT2D eigenvalue weighted by Crippen LogP contribution is 2.36. The Kier molecular flexibility index (Phi) is 4.05. The number of nitrogens with one attached hydrogen (secondary N) is 1. The number of nitrogens with zero attached hydrogens (tertiary/aromatic N) is 2. The lowest BCUT2D eigenvalue weighted by atomic mass is 9.82. The number of fused-ring (bicyclic) bond motifs is 1. The number of aromatic nitrogens is 2. The quantitative estimate of drug-likeness (QED) is 0.744. The molecule has 2 unspecified atom stereocenters. The lowest BCUT2D eigenvalue weighted by Gasteiger charge is -2.31. The van der Waals surface area contributed by atoms with Gasteiger partial charge in [-0.25, -0.2) is 0 Å². The minimum atomic E-state index is 0.320. The molecule has 0 spiro atoms. The number of hydrogen-bond acceptors (Lipinski definition) is 3. The minimum absolute atomic E-state index is 0.320. The van der Waals surface area contributed by atoms with Crippen molar-refractivity contribution in [3.8, 4) is 11.3 Å². The van der Waals surface area contributed by atoms with E-state index in [-0.39, 0.29) is 0 Å². The van der Waals surface area contributed by atoms with Gasteiger partial charge in [0.05, 0.1) is 5.69 Å². The molecule has 0 fully saturated rings. The van der Waals surface area contributed by atoms with E-state index in [4.69, 9.17) is 11.6 Å². The molecule has 0 amide bonds. The predicted molar refractivity (Wildman–Crippen MR) is 97.2 cm³/mol. The number of rotatable bonds is 2. The van der Waals surface area contributed by atoms with Crippen molar-refractivity contribution in [2.45, 2.75) is 18.9 Å². The van der Waals surface area contributed by atoms with Gasteiger partial charge in [-0.2, -0.15) is 10.2 Å². The first-order valence-corrected chi connectivity index (χ1v) is 8.51. The van der Waals surface area contributed by atoms with E-state index >= 15 is 0 Å². The molecule has 0 aliphatic carbocycles. The largest absolute Gasteiger partial charge is 0.309 e. The topological polar surface area (TPSA) is 37.8 Å². The average Bonchev–Trinajstić information content (AvgIpc) is 2.64. The Hall–Kier alpha value is -2.23. The maximum atomic E-state index is 6.03. The maximum absolute atomic E-state index is 6.03. The van der Waals surface area contributed by atoms with Crippen LogP contribution in [0.2, 0.25) is 5.02 Å². The number of halogens is 1. The molecule has 3 nitrogen and oxygen atoms in total. The molecule has 0 bridgehead atoms. The van der Waals surface area contributed by atoms with Gasteiger partial charge < -0.3 is 5.32 Å². The minimum Gasteiger partial charge on any atom is -0.309 e. The summed E-state index contributed by atoms with van der Waals surface area (Å²) in [6, 6.07) is 19.0. The Morgan fingerprint density at radius 3 is 2.62 bits per heavy atom. The van der Waals surface area contributed by atoms with Gasteiger partial charge in [0.2, 0.25) is 0 Å². The van der Waals surface area contributed by atoms with E-state index in [2.05, 4.69) is 52.8 Å².